The third-order valence-electron chi connectivity index (χ3n) is 1.34. The Bertz CT molecular complexity index is 282. The zero-order valence-corrected chi connectivity index (χ0v) is 8.78. The molecular formula is C11H16O3. The van der Waals surface area contributed by atoms with Crippen LogP contribution in [0.1, 0.15) is 30.6 Å². The van der Waals surface area contributed by atoms with Gasteiger partial charge in [0, 0.05) is 0 Å². The fraction of sp³-hybridized carbons (Fsp3) is 0.364. The summed E-state index contributed by atoms with van der Waals surface area (Å²) in [5, 5.41) is 8.62. The topological polar surface area (TPSA) is 46.5 Å². The molecule has 0 amide bonds. The maximum absolute atomic E-state index is 10.5. The van der Waals surface area contributed by atoms with Gasteiger partial charge in [-0.25, -0.2) is 4.79 Å². The lowest BCUT2D eigenvalue weighted by atomic mass is 10.2. The summed E-state index contributed by atoms with van der Waals surface area (Å²) in [5.74, 6) is -0.581. The first-order valence-electron chi connectivity index (χ1n) is 4.53. The second-order valence-corrected chi connectivity index (χ2v) is 2.71. The van der Waals surface area contributed by atoms with Crippen molar-refractivity contribution in [1.82, 2.24) is 0 Å². The number of carboxylic acid groups (broad SMARTS) is 1. The third-order valence-corrected chi connectivity index (χ3v) is 1.34. The van der Waals surface area contributed by atoms with Gasteiger partial charge in [-0.1, -0.05) is 32.4 Å². The van der Waals surface area contributed by atoms with Crippen LogP contribution in [0.4, 0.5) is 0 Å². The van der Waals surface area contributed by atoms with E-state index in [0.717, 1.165) is 0 Å². The van der Waals surface area contributed by atoms with Gasteiger partial charge in [0.2, 0.25) is 0 Å². The zero-order valence-electron chi connectivity index (χ0n) is 8.78. The molecule has 0 aliphatic rings. The van der Waals surface area contributed by atoms with Crippen LogP contribution < -0.4 is 4.74 Å². The molecule has 0 spiro atoms. The minimum absolute atomic E-state index is 0.190. The highest BCUT2D eigenvalue weighted by molar-refractivity contribution is 5.90. The molecule has 0 saturated carbocycles. The van der Waals surface area contributed by atoms with E-state index in [1.165, 1.54) is 19.6 Å². The minimum atomic E-state index is -0.970. The van der Waals surface area contributed by atoms with Crippen molar-refractivity contribution in [2.75, 3.05) is 7.11 Å². The van der Waals surface area contributed by atoms with Crippen molar-refractivity contribution >= 4 is 5.97 Å². The molecule has 0 heterocycles. The molecule has 0 fully saturated rings. The van der Waals surface area contributed by atoms with Crippen LogP contribution in [0.5, 0.6) is 5.75 Å². The molecule has 78 valence electrons. The number of hydrogen-bond donors (Lipinski definition) is 1. The molecule has 1 aromatic carbocycles. The predicted molar refractivity (Wildman–Crippen MR) is 55.9 cm³/mol. The number of ether oxygens (including phenoxy) is 1. The Morgan fingerprint density at radius 2 is 1.86 bits per heavy atom. The second kappa shape index (κ2) is 6.95. The number of carboxylic acids is 1. The van der Waals surface area contributed by atoms with Gasteiger partial charge in [0.25, 0.3) is 0 Å². The molecule has 3 nitrogen and oxygen atoms in total. The lowest BCUT2D eigenvalue weighted by Gasteiger charge is -2.01. The highest BCUT2D eigenvalue weighted by Gasteiger charge is 2.07. The van der Waals surface area contributed by atoms with Crippen LogP contribution in [0.3, 0.4) is 0 Å². The van der Waals surface area contributed by atoms with E-state index in [0.29, 0.717) is 5.75 Å². The minimum Gasteiger partial charge on any atom is -0.496 e. The van der Waals surface area contributed by atoms with Crippen molar-refractivity contribution in [3.63, 3.8) is 0 Å². The Labute approximate surface area is 84.3 Å². The van der Waals surface area contributed by atoms with Crippen LogP contribution in [0.25, 0.3) is 0 Å². The SMILES string of the molecule is CCC.COc1ccccc1C(=O)O. The van der Waals surface area contributed by atoms with Crippen molar-refractivity contribution in [2.45, 2.75) is 20.3 Å². The molecule has 1 N–H and O–H groups in total. The Balaban J connectivity index is 0.000000500. The quantitative estimate of drug-likeness (QED) is 0.791. The van der Waals surface area contributed by atoms with E-state index in [1.807, 2.05) is 0 Å². The fourth-order valence-corrected chi connectivity index (χ4v) is 0.821. The lowest BCUT2D eigenvalue weighted by molar-refractivity contribution is 0.0693. The van der Waals surface area contributed by atoms with Gasteiger partial charge in [0.1, 0.15) is 11.3 Å². The zero-order chi connectivity index (χ0) is 11.0. The molecule has 0 atom stereocenters. The van der Waals surface area contributed by atoms with E-state index in [-0.39, 0.29) is 5.56 Å². The van der Waals surface area contributed by atoms with E-state index in [2.05, 4.69) is 13.8 Å². The summed E-state index contributed by atoms with van der Waals surface area (Å²) in [5.41, 5.74) is 0.190. The maximum Gasteiger partial charge on any atom is 0.339 e. The van der Waals surface area contributed by atoms with Crippen LogP contribution in [-0.4, -0.2) is 18.2 Å². The maximum atomic E-state index is 10.5. The monoisotopic (exact) mass is 196 g/mol. The summed E-state index contributed by atoms with van der Waals surface area (Å²) >= 11 is 0. The predicted octanol–water partition coefficient (Wildman–Crippen LogP) is 2.81. The molecule has 0 bridgehead atoms. The largest absolute Gasteiger partial charge is 0.496 e. The van der Waals surface area contributed by atoms with E-state index >= 15 is 0 Å². The fourth-order valence-electron chi connectivity index (χ4n) is 0.821. The van der Waals surface area contributed by atoms with Crippen molar-refractivity contribution in [3.8, 4) is 5.75 Å². The lowest BCUT2D eigenvalue weighted by Crippen LogP contribution is -1.99. The standard InChI is InChI=1S/C8H8O3.C3H8/c1-11-7-5-3-2-4-6(7)8(9)10;1-3-2/h2-5H,1H3,(H,9,10);3H2,1-2H3. The summed E-state index contributed by atoms with van der Waals surface area (Å²) in [7, 11) is 1.45. The molecular weight excluding hydrogens is 180 g/mol. The number of benzene rings is 1. The van der Waals surface area contributed by atoms with Crippen molar-refractivity contribution < 1.29 is 14.6 Å². The molecule has 3 heteroatoms. The van der Waals surface area contributed by atoms with Crippen LogP contribution in [0.15, 0.2) is 24.3 Å². The van der Waals surface area contributed by atoms with Gasteiger partial charge in [0.05, 0.1) is 7.11 Å². The number of aromatic carboxylic acids is 1. The average Bonchev–Trinajstić information content (AvgIpc) is 2.19. The third kappa shape index (κ3) is 3.94. The first kappa shape index (κ1) is 12.5. The number of methoxy groups -OCH3 is 1. The Morgan fingerprint density at radius 1 is 1.36 bits per heavy atom. The number of hydrogen-bond acceptors (Lipinski definition) is 2. The highest BCUT2D eigenvalue weighted by Crippen LogP contribution is 2.16. The van der Waals surface area contributed by atoms with Crippen molar-refractivity contribution in [1.29, 1.82) is 0 Å². The molecule has 14 heavy (non-hydrogen) atoms. The van der Waals surface area contributed by atoms with Gasteiger partial charge in [-0.3, -0.25) is 0 Å². The van der Waals surface area contributed by atoms with Gasteiger partial charge < -0.3 is 9.84 Å². The van der Waals surface area contributed by atoms with Gasteiger partial charge in [-0.2, -0.15) is 0 Å². The summed E-state index contributed by atoms with van der Waals surface area (Å²) in [4.78, 5) is 10.5. The van der Waals surface area contributed by atoms with Gasteiger partial charge in [0.15, 0.2) is 0 Å². The number of rotatable bonds is 2. The molecule has 1 rings (SSSR count). The van der Waals surface area contributed by atoms with Crippen LogP contribution in [0.2, 0.25) is 0 Å². The molecule has 1 aromatic rings. The number of para-hydroxylation sites is 1. The Kier molecular flexibility index (Phi) is 6.20. The van der Waals surface area contributed by atoms with E-state index in [1.54, 1.807) is 18.2 Å². The summed E-state index contributed by atoms with van der Waals surface area (Å²) < 4.78 is 4.83. The smallest absolute Gasteiger partial charge is 0.339 e. The van der Waals surface area contributed by atoms with Crippen LogP contribution >= 0.6 is 0 Å². The Morgan fingerprint density at radius 3 is 2.21 bits per heavy atom. The van der Waals surface area contributed by atoms with E-state index < -0.39 is 5.97 Å². The Hall–Kier alpha value is -1.51. The van der Waals surface area contributed by atoms with Crippen molar-refractivity contribution in [3.05, 3.63) is 29.8 Å². The van der Waals surface area contributed by atoms with E-state index in [9.17, 15) is 4.79 Å². The summed E-state index contributed by atoms with van der Waals surface area (Å²) in [6, 6.07) is 6.50. The normalized spacial score (nSPS) is 8.50. The van der Waals surface area contributed by atoms with Crippen molar-refractivity contribution in [2.24, 2.45) is 0 Å². The van der Waals surface area contributed by atoms with E-state index in [4.69, 9.17) is 9.84 Å². The van der Waals surface area contributed by atoms with Gasteiger partial charge in [-0.05, 0) is 12.1 Å². The first-order valence-corrected chi connectivity index (χ1v) is 4.53. The average molecular weight is 196 g/mol. The molecule has 0 aliphatic carbocycles. The first-order chi connectivity index (χ1) is 6.67. The molecule has 0 unspecified atom stereocenters. The molecule has 0 aliphatic heterocycles. The van der Waals surface area contributed by atoms with Gasteiger partial charge in [-0.15, -0.1) is 0 Å². The molecule has 0 saturated heterocycles. The van der Waals surface area contributed by atoms with Crippen LogP contribution in [-0.2, 0) is 0 Å². The summed E-state index contributed by atoms with van der Waals surface area (Å²) in [6.07, 6.45) is 1.25. The highest BCUT2D eigenvalue weighted by atomic mass is 16.5. The summed E-state index contributed by atoms with van der Waals surface area (Å²) in [6.45, 7) is 4.25. The second-order valence-electron chi connectivity index (χ2n) is 2.71. The number of carbonyl (C=O) groups is 1. The molecule has 0 radical (unpaired) electrons. The molecule has 0 aromatic heterocycles. The van der Waals surface area contributed by atoms with Crippen LogP contribution in [0, 0.1) is 0 Å². The van der Waals surface area contributed by atoms with Gasteiger partial charge >= 0.3 is 5.97 Å².